The third-order valence-electron chi connectivity index (χ3n) is 3.36. The monoisotopic (exact) mass is 376 g/mol. The van der Waals surface area contributed by atoms with E-state index in [1.165, 1.54) is 11.8 Å². The van der Waals surface area contributed by atoms with Crippen LogP contribution in [-0.4, -0.2) is 19.8 Å². The fourth-order valence-corrected chi connectivity index (χ4v) is 3.34. The van der Waals surface area contributed by atoms with Crippen molar-refractivity contribution in [1.29, 1.82) is 0 Å². The maximum atomic E-state index is 6.05. The van der Waals surface area contributed by atoms with Crippen molar-refractivity contribution < 1.29 is 4.42 Å². The van der Waals surface area contributed by atoms with Gasteiger partial charge in [0.15, 0.2) is 11.4 Å². The number of benzene rings is 1. The van der Waals surface area contributed by atoms with Crippen molar-refractivity contribution in [2.45, 2.75) is 10.9 Å². The van der Waals surface area contributed by atoms with Gasteiger partial charge in [0.25, 0.3) is 0 Å². The molecular formula is C16H10Cl2N4OS. The zero-order chi connectivity index (χ0) is 16.5. The Kier molecular flexibility index (Phi) is 4.18. The predicted octanol–water partition coefficient (Wildman–Crippen LogP) is 4.98. The van der Waals surface area contributed by atoms with E-state index in [1.807, 2.05) is 36.4 Å². The van der Waals surface area contributed by atoms with Gasteiger partial charge >= 0.3 is 0 Å². The molecule has 120 valence electrons. The lowest BCUT2D eigenvalue weighted by Gasteiger charge is -2.03. The van der Waals surface area contributed by atoms with Crippen LogP contribution in [-0.2, 0) is 5.75 Å². The van der Waals surface area contributed by atoms with Crippen LogP contribution >= 0.6 is 35.0 Å². The van der Waals surface area contributed by atoms with Crippen molar-refractivity contribution >= 4 is 40.6 Å². The van der Waals surface area contributed by atoms with Crippen LogP contribution in [0.15, 0.2) is 58.3 Å². The Hall–Kier alpha value is -2.02. The van der Waals surface area contributed by atoms with Gasteiger partial charge in [-0.25, -0.2) is 0 Å². The largest absolute Gasteiger partial charge is 0.463 e. The van der Waals surface area contributed by atoms with E-state index in [4.69, 9.17) is 27.6 Å². The maximum absolute atomic E-state index is 6.05. The third kappa shape index (κ3) is 3.00. The SMILES string of the molecule is Clc1ccc(CSc2nnc3ccc(-c4ccco4)nn23)cc1Cl. The molecule has 0 saturated heterocycles. The molecule has 0 aliphatic heterocycles. The fraction of sp³-hybridized carbons (Fsp3) is 0.0625. The first-order chi connectivity index (χ1) is 11.7. The standard InChI is InChI=1S/C16H10Cl2N4OS/c17-11-4-3-10(8-12(11)18)9-24-16-20-19-15-6-5-13(21-22(15)16)14-2-1-7-23-14/h1-8H,9H2. The number of halogens is 2. The average molecular weight is 377 g/mol. The molecule has 3 heterocycles. The molecule has 0 aliphatic carbocycles. The molecule has 0 radical (unpaired) electrons. The Balaban J connectivity index is 1.61. The molecule has 0 atom stereocenters. The molecule has 3 aromatic heterocycles. The van der Waals surface area contributed by atoms with E-state index in [-0.39, 0.29) is 0 Å². The first-order valence-electron chi connectivity index (χ1n) is 7.04. The zero-order valence-corrected chi connectivity index (χ0v) is 14.5. The number of fused-ring (bicyclic) bond motifs is 1. The minimum absolute atomic E-state index is 0.541. The van der Waals surface area contributed by atoms with E-state index < -0.39 is 0 Å². The number of nitrogens with zero attached hydrogens (tertiary/aromatic N) is 4. The maximum Gasteiger partial charge on any atom is 0.212 e. The Morgan fingerprint density at radius 1 is 1.04 bits per heavy atom. The van der Waals surface area contributed by atoms with Gasteiger partial charge in [0.2, 0.25) is 5.16 Å². The second-order valence-electron chi connectivity index (χ2n) is 4.99. The minimum Gasteiger partial charge on any atom is -0.463 e. The molecule has 5 nitrogen and oxygen atoms in total. The molecule has 0 N–H and O–H groups in total. The van der Waals surface area contributed by atoms with E-state index >= 15 is 0 Å². The zero-order valence-electron chi connectivity index (χ0n) is 12.2. The fourth-order valence-electron chi connectivity index (χ4n) is 2.19. The Morgan fingerprint density at radius 2 is 1.96 bits per heavy atom. The van der Waals surface area contributed by atoms with Crippen LogP contribution in [0.2, 0.25) is 10.0 Å². The van der Waals surface area contributed by atoms with E-state index in [0.717, 1.165) is 11.3 Å². The molecule has 1 aromatic carbocycles. The molecule has 0 spiro atoms. The first kappa shape index (κ1) is 15.5. The minimum atomic E-state index is 0.541. The molecule has 0 bridgehead atoms. The van der Waals surface area contributed by atoms with Crippen molar-refractivity contribution in [3.8, 4) is 11.5 Å². The molecular weight excluding hydrogens is 367 g/mol. The topological polar surface area (TPSA) is 56.2 Å². The summed E-state index contributed by atoms with van der Waals surface area (Å²) in [6, 6.07) is 13.0. The van der Waals surface area contributed by atoms with Crippen LogP contribution in [0.25, 0.3) is 17.1 Å². The number of rotatable bonds is 4. The predicted molar refractivity (Wildman–Crippen MR) is 94.5 cm³/mol. The normalized spacial score (nSPS) is 11.2. The molecule has 0 aliphatic rings. The molecule has 8 heteroatoms. The van der Waals surface area contributed by atoms with Gasteiger partial charge in [-0.3, -0.25) is 0 Å². The summed E-state index contributed by atoms with van der Waals surface area (Å²) in [5, 5.41) is 14.7. The number of aromatic nitrogens is 4. The number of hydrogen-bond acceptors (Lipinski definition) is 5. The van der Waals surface area contributed by atoms with Crippen LogP contribution < -0.4 is 0 Å². The Bertz CT molecular complexity index is 1000. The number of hydrogen-bond donors (Lipinski definition) is 0. The summed E-state index contributed by atoms with van der Waals surface area (Å²) in [6.07, 6.45) is 1.62. The number of thioether (sulfide) groups is 1. The second kappa shape index (κ2) is 6.47. The molecule has 4 rings (SSSR count). The van der Waals surface area contributed by atoms with E-state index in [2.05, 4.69) is 15.3 Å². The van der Waals surface area contributed by atoms with Gasteiger partial charge in [-0.15, -0.1) is 10.2 Å². The highest BCUT2D eigenvalue weighted by molar-refractivity contribution is 7.98. The highest BCUT2D eigenvalue weighted by Crippen LogP contribution is 2.27. The van der Waals surface area contributed by atoms with Crippen molar-refractivity contribution in [2.24, 2.45) is 0 Å². The van der Waals surface area contributed by atoms with Crippen molar-refractivity contribution in [3.63, 3.8) is 0 Å². The van der Waals surface area contributed by atoms with Crippen LogP contribution in [0.3, 0.4) is 0 Å². The summed E-state index contributed by atoms with van der Waals surface area (Å²) < 4.78 is 7.10. The summed E-state index contributed by atoms with van der Waals surface area (Å²) in [5.74, 6) is 1.38. The molecule has 0 saturated carbocycles. The second-order valence-corrected chi connectivity index (χ2v) is 6.74. The quantitative estimate of drug-likeness (QED) is 0.470. The summed E-state index contributed by atoms with van der Waals surface area (Å²) in [4.78, 5) is 0. The van der Waals surface area contributed by atoms with Crippen LogP contribution in [0.4, 0.5) is 0 Å². The van der Waals surface area contributed by atoms with Crippen molar-refractivity contribution in [2.75, 3.05) is 0 Å². The van der Waals surface area contributed by atoms with E-state index in [1.54, 1.807) is 16.8 Å². The smallest absolute Gasteiger partial charge is 0.212 e. The molecule has 24 heavy (non-hydrogen) atoms. The lowest BCUT2D eigenvalue weighted by Crippen LogP contribution is -1.96. The molecule has 0 amide bonds. The number of furan rings is 1. The van der Waals surface area contributed by atoms with Gasteiger partial charge in [-0.1, -0.05) is 41.0 Å². The molecule has 0 fully saturated rings. The van der Waals surface area contributed by atoms with Crippen LogP contribution in [0.1, 0.15) is 5.56 Å². The summed E-state index contributed by atoms with van der Waals surface area (Å²) >= 11 is 13.5. The van der Waals surface area contributed by atoms with Gasteiger partial charge < -0.3 is 4.42 Å². The van der Waals surface area contributed by atoms with Crippen LogP contribution in [0.5, 0.6) is 0 Å². The highest BCUT2D eigenvalue weighted by atomic mass is 35.5. The van der Waals surface area contributed by atoms with Crippen molar-refractivity contribution in [1.82, 2.24) is 19.8 Å². The summed E-state index contributed by atoms with van der Waals surface area (Å²) in [5.41, 5.74) is 2.46. The van der Waals surface area contributed by atoms with E-state index in [9.17, 15) is 0 Å². The van der Waals surface area contributed by atoms with Gasteiger partial charge in [0, 0.05) is 5.75 Å². The van der Waals surface area contributed by atoms with E-state index in [0.29, 0.717) is 32.4 Å². The van der Waals surface area contributed by atoms with Gasteiger partial charge in [0.05, 0.1) is 16.3 Å². The first-order valence-corrected chi connectivity index (χ1v) is 8.78. The Labute approximate surface area is 151 Å². The average Bonchev–Trinajstić information content (AvgIpc) is 3.25. The summed E-state index contributed by atoms with van der Waals surface area (Å²) in [7, 11) is 0. The molecule has 4 aromatic rings. The van der Waals surface area contributed by atoms with Gasteiger partial charge in [0.1, 0.15) is 5.69 Å². The van der Waals surface area contributed by atoms with Gasteiger partial charge in [-0.2, -0.15) is 9.61 Å². The third-order valence-corrected chi connectivity index (χ3v) is 5.09. The van der Waals surface area contributed by atoms with Crippen molar-refractivity contribution in [3.05, 3.63) is 64.3 Å². The van der Waals surface area contributed by atoms with Gasteiger partial charge in [-0.05, 0) is 42.0 Å². The lowest BCUT2D eigenvalue weighted by atomic mass is 10.2. The van der Waals surface area contributed by atoms with Crippen LogP contribution in [0, 0.1) is 0 Å². The lowest BCUT2D eigenvalue weighted by molar-refractivity contribution is 0.577. The summed E-state index contributed by atoms with van der Waals surface area (Å²) in [6.45, 7) is 0. The Morgan fingerprint density at radius 3 is 2.75 bits per heavy atom. The molecule has 0 unspecified atom stereocenters. The highest BCUT2D eigenvalue weighted by Gasteiger charge is 2.11.